The lowest BCUT2D eigenvalue weighted by molar-refractivity contribution is -0.124. The minimum atomic E-state index is -0.639. The van der Waals surface area contributed by atoms with Gasteiger partial charge in [0.05, 0.1) is 5.54 Å². The van der Waals surface area contributed by atoms with Gasteiger partial charge in [-0.2, -0.15) is 0 Å². The number of nitrogens with two attached hydrogens (primary N) is 1. The summed E-state index contributed by atoms with van der Waals surface area (Å²) in [5.41, 5.74) is 4.64. The molecule has 0 aromatic carbocycles. The van der Waals surface area contributed by atoms with Crippen LogP contribution in [0.3, 0.4) is 0 Å². The van der Waals surface area contributed by atoms with Crippen LogP contribution in [0.15, 0.2) is 9.95 Å². The van der Waals surface area contributed by atoms with E-state index in [0.717, 1.165) is 31.6 Å². The number of carbonyl (C=O) groups is 1. The Morgan fingerprint density at radius 1 is 1.52 bits per heavy atom. The fourth-order valence-electron chi connectivity index (χ4n) is 1.91. The first-order valence-corrected chi connectivity index (χ1v) is 8.18. The molecule has 21 heavy (non-hydrogen) atoms. The average Bonchev–Trinajstić information content (AvgIpc) is 2.76. The van der Waals surface area contributed by atoms with E-state index in [0.29, 0.717) is 11.6 Å². The fraction of sp³-hybridized carbons (Fsp3) is 0.769. The second-order valence-electron chi connectivity index (χ2n) is 5.30. The standard InChI is InChI=1S/C13H25N5O2S/c1-4-8-15-13(2,10(14)19)7-5-6-9-21-12-17-16-11(20)18(12)3/h15H,4-9H2,1-3H3,(H2,14,19)(H,16,20). The summed E-state index contributed by atoms with van der Waals surface area (Å²) in [4.78, 5) is 22.8. The molecule has 0 radical (unpaired) electrons. The Hall–Kier alpha value is -1.28. The van der Waals surface area contributed by atoms with E-state index in [-0.39, 0.29) is 11.6 Å². The van der Waals surface area contributed by atoms with Crippen LogP contribution in [0.5, 0.6) is 0 Å². The SMILES string of the molecule is CCCNC(C)(CCCCSc1n[nH]c(=O)n1C)C(N)=O. The lowest BCUT2D eigenvalue weighted by Gasteiger charge is -2.27. The normalized spacial score (nSPS) is 14.0. The van der Waals surface area contributed by atoms with E-state index in [1.165, 1.54) is 16.3 Å². The molecule has 1 amide bonds. The minimum Gasteiger partial charge on any atom is -0.368 e. The molecule has 0 saturated heterocycles. The quantitative estimate of drug-likeness (QED) is 0.433. The first-order chi connectivity index (χ1) is 9.90. The van der Waals surface area contributed by atoms with Crippen molar-refractivity contribution in [1.82, 2.24) is 20.1 Å². The van der Waals surface area contributed by atoms with Gasteiger partial charge in [-0.1, -0.05) is 25.1 Å². The third-order valence-corrected chi connectivity index (χ3v) is 4.57. The molecule has 7 nitrogen and oxygen atoms in total. The summed E-state index contributed by atoms with van der Waals surface area (Å²) in [6, 6.07) is 0. The molecule has 1 heterocycles. The Balaban J connectivity index is 2.33. The summed E-state index contributed by atoms with van der Waals surface area (Å²) in [6.07, 6.45) is 3.50. The van der Waals surface area contributed by atoms with Gasteiger partial charge >= 0.3 is 5.69 Å². The maximum Gasteiger partial charge on any atom is 0.343 e. The fourth-order valence-corrected chi connectivity index (χ4v) is 2.82. The van der Waals surface area contributed by atoms with Crippen molar-refractivity contribution in [2.45, 2.75) is 50.2 Å². The summed E-state index contributed by atoms with van der Waals surface area (Å²) in [5, 5.41) is 10.2. The van der Waals surface area contributed by atoms with E-state index in [2.05, 4.69) is 22.4 Å². The molecule has 1 aromatic heterocycles. The summed E-state index contributed by atoms with van der Waals surface area (Å²) in [6.45, 7) is 4.69. The van der Waals surface area contributed by atoms with Gasteiger partial charge in [-0.3, -0.25) is 9.36 Å². The van der Waals surface area contributed by atoms with Gasteiger partial charge < -0.3 is 11.1 Å². The third-order valence-electron chi connectivity index (χ3n) is 3.45. The molecule has 1 unspecified atom stereocenters. The molecule has 1 rings (SSSR count). The Kier molecular flexibility index (Phi) is 6.97. The van der Waals surface area contributed by atoms with E-state index in [9.17, 15) is 9.59 Å². The van der Waals surface area contributed by atoms with Crippen LogP contribution in [0.25, 0.3) is 0 Å². The van der Waals surface area contributed by atoms with Gasteiger partial charge in [0.15, 0.2) is 5.16 Å². The van der Waals surface area contributed by atoms with Crippen LogP contribution in [0.2, 0.25) is 0 Å². The van der Waals surface area contributed by atoms with Crippen LogP contribution in [0, 0.1) is 0 Å². The topological polar surface area (TPSA) is 106 Å². The number of amides is 1. The van der Waals surface area contributed by atoms with Gasteiger partial charge in [-0.05, 0) is 32.7 Å². The van der Waals surface area contributed by atoms with Gasteiger partial charge in [0.25, 0.3) is 0 Å². The molecule has 0 aliphatic heterocycles. The molecular formula is C13H25N5O2S. The van der Waals surface area contributed by atoms with Gasteiger partial charge in [0, 0.05) is 12.8 Å². The predicted octanol–water partition coefficient (Wildman–Crippen LogP) is 0.614. The highest BCUT2D eigenvalue weighted by atomic mass is 32.2. The van der Waals surface area contributed by atoms with Crippen LogP contribution >= 0.6 is 11.8 Å². The van der Waals surface area contributed by atoms with E-state index in [4.69, 9.17) is 5.73 Å². The van der Waals surface area contributed by atoms with Crippen LogP contribution in [-0.2, 0) is 11.8 Å². The van der Waals surface area contributed by atoms with Gasteiger partial charge in [0.1, 0.15) is 0 Å². The number of thioether (sulfide) groups is 1. The van der Waals surface area contributed by atoms with Gasteiger partial charge in [-0.15, -0.1) is 5.10 Å². The van der Waals surface area contributed by atoms with Crippen molar-refractivity contribution in [2.75, 3.05) is 12.3 Å². The van der Waals surface area contributed by atoms with E-state index < -0.39 is 5.54 Å². The van der Waals surface area contributed by atoms with Crippen molar-refractivity contribution < 1.29 is 4.79 Å². The molecular weight excluding hydrogens is 290 g/mol. The number of unbranched alkanes of at least 4 members (excludes halogenated alkanes) is 1. The van der Waals surface area contributed by atoms with E-state index in [1.807, 2.05) is 6.92 Å². The average molecular weight is 315 g/mol. The molecule has 1 aromatic rings. The lowest BCUT2D eigenvalue weighted by atomic mass is 9.94. The summed E-state index contributed by atoms with van der Waals surface area (Å²) < 4.78 is 1.49. The highest BCUT2D eigenvalue weighted by molar-refractivity contribution is 7.99. The minimum absolute atomic E-state index is 0.206. The smallest absolute Gasteiger partial charge is 0.343 e. The van der Waals surface area contributed by atoms with Crippen molar-refractivity contribution in [3.63, 3.8) is 0 Å². The summed E-state index contributed by atoms with van der Waals surface area (Å²) in [5.74, 6) is 0.541. The number of aromatic amines is 1. The number of carbonyl (C=O) groups excluding carboxylic acids is 1. The summed E-state index contributed by atoms with van der Waals surface area (Å²) >= 11 is 1.53. The highest BCUT2D eigenvalue weighted by Crippen LogP contribution is 2.18. The molecule has 120 valence electrons. The molecule has 0 fully saturated rings. The Morgan fingerprint density at radius 2 is 2.24 bits per heavy atom. The number of hydrogen-bond donors (Lipinski definition) is 3. The number of nitrogens with one attached hydrogen (secondary N) is 2. The zero-order chi connectivity index (χ0) is 15.9. The number of aromatic nitrogens is 3. The first kappa shape index (κ1) is 17.8. The van der Waals surface area contributed by atoms with Crippen molar-refractivity contribution in [1.29, 1.82) is 0 Å². The predicted molar refractivity (Wildman–Crippen MR) is 84.3 cm³/mol. The molecule has 4 N–H and O–H groups in total. The zero-order valence-electron chi connectivity index (χ0n) is 12.9. The molecule has 0 bridgehead atoms. The van der Waals surface area contributed by atoms with Crippen LogP contribution < -0.4 is 16.7 Å². The zero-order valence-corrected chi connectivity index (χ0v) is 13.8. The summed E-state index contributed by atoms with van der Waals surface area (Å²) in [7, 11) is 1.69. The maximum atomic E-state index is 11.6. The maximum absolute atomic E-state index is 11.6. The second kappa shape index (κ2) is 8.23. The highest BCUT2D eigenvalue weighted by Gasteiger charge is 2.29. The largest absolute Gasteiger partial charge is 0.368 e. The van der Waals surface area contributed by atoms with Crippen LogP contribution in [-0.4, -0.2) is 38.5 Å². The molecule has 8 heteroatoms. The lowest BCUT2D eigenvalue weighted by Crippen LogP contribution is -2.53. The Labute approximate surface area is 129 Å². The molecule has 0 saturated carbocycles. The number of H-pyrrole nitrogens is 1. The molecule has 0 aliphatic carbocycles. The van der Waals surface area contributed by atoms with Gasteiger partial charge in [0.2, 0.25) is 5.91 Å². The van der Waals surface area contributed by atoms with Crippen molar-refractivity contribution >= 4 is 17.7 Å². The number of nitrogens with zero attached hydrogens (tertiary/aromatic N) is 2. The first-order valence-electron chi connectivity index (χ1n) is 7.20. The van der Waals surface area contributed by atoms with E-state index >= 15 is 0 Å². The van der Waals surface area contributed by atoms with Crippen molar-refractivity contribution in [3.05, 3.63) is 10.5 Å². The number of rotatable bonds is 10. The molecule has 1 atom stereocenters. The van der Waals surface area contributed by atoms with Crippen molar-refractivity contribution in [2.24, 2.45) is 12.8 Å². The number of primary amides is 1. The van der Waals surface area contributed by atoms with Crippen LogP contribution in [0.1, 0.15) is 39.5 Å². The Morgan fingerprint density at radius 3 is 2.76 bits per heavy atom. The third kappa shape index (κ3) is 5.20. The van der Waals surface area contributed by atoms with E-state index in [1.54, 1.807) is 7.05 Å². The second-order valence-corrected chi connectivity index (χ2v) is 6.36. The van der Waals surface area contributed by atoms with Crippen molar-refractivity contribution in [3.8, 4) is 0 Å². The monoisotopic (exact) mass is 315 g/mol. The van der Waals surface area contributed by atoms with Gasteiger partial charge in [-0.25, -0.2) is 9.89 Å². The number of hydrogen-bond acceptors (Lipinski definition) is 5. The van der Waals surface area contributed by atoms with Crippen LogP contribution in [0.4, 0.5) is 0 Å². The molecule has 0 spiro atoms. The Bertz CT molecular complexity index is 513. The molecule has 0 aliphatic rings.